The van der Waals surface area contributed by atoms with Crippen molar-refractivity contribution in [1.29, 1.82) is 0 Å². The van der Waals surface area contributed by atoms with Gasteiger partial charge in [-0.2, -0.15) is 0 Å². The van der Waals surface area contributed by atoms with Gasteiger partial charge in [-0.05, 0) is 24.1 Å². The van der Waals surface area contributed by atoms with E-state index in [0.29, 0.717) is 16.8 Å². The molecule has 0 aliphatic carbocycles. The predicted octanol–water partition coefficient (Wildman–Crippen LogP) is 3.16. The molecule has 1 heterocycles. The van der Waals surface area contributed by atoms with Crippen LogP contribution in [-0.2, 0) is 12.8 Å². The first kappa shape index (κ1) is 12.8. The van der Waals surface area contributed by atoms with Crippen LogP contribution < -0.4 is 10.1 Å². The van der Waals surface area contributed by atoms with Gasteiger partial charge in [0.25, 0.3) is 6.01 Å². The lowest BCUT2D eigenvalue weighted by molar-refractivity contribution is 0.415. The lowest BCUT2D eigenvalue weighted by Gasteiger charge is -2.05. The van der Waals surface area contributed by atoms with Gasteiger partial charge in [-0.25, -0.2) is 4.98 Å². The Morgan fingerprint density at radius 2 is 2.22 bits per heavy atom. The molecule has 1 aromatic carbocycles. The summed E-state index contributed by atoms with van der Waals surface area (Å²) in [5, 5.41) is 3.48. The van der Waals surface area contributed by atoms with Gasteiger partial charge in [-0.15, -0.1) is 0 Å². The highest BCUT2D eigenvalue weighted by Gasteiger charge is 2.05. The van der Waals surface area contributed by atoms with Crippen molar-refractivity contribution in [2.24, 2.45) is 0 Å². The van der Waals surface area contributed by atoms with Gasteiger partial charge in [0.1, 0.15) is 11.5 Å². The highest BCUT2D eigenvalue weighted by atomic mass is 35.5. The molecule has 0 spiro atoms. The highest BCUT2D eigenvalue weighted by molar-refractivity contribution is 6.32. The van der Waals surface area contributed by atoms with Crippen molar-refractivity contribution >= 4 is 17.6 Å². The Morgan fingerprint density at radius 1 is 1.39 bits per heavy atom. The van der Waals surface area contributed by atoms with Crippen LogP contribution in [0, 0.1) is 0 Å². The third-order valence-electron chi connectivity index (χ3n) is 2.64. The topological polar surface area (TPSA) is 47.3 Å². The van der Waals surface area contributed by atoms with Gasteiger partial charge >= 0.3 is 0 Å². The van der Waals surface area contributed by atoms with Crippen LogP contribution in [0.25, 0.3) is 0 Å². The maximum atomic E-state index is 6.07. The van der Waals surface area contributed by atoms with E-state index in [1.54, 1.807) is 20.4 Å². The summed E-state index contributed by atoms with van der Waals surface area (Å²) in [6.07, 6.45) is 3.37. The molecule has 0 atom stereocenters. The van der Waals surface area contributed by atoms with Gasteiger partial charge in [0.2, 0.25) is 0 Å². The minimum absolute atomic E-state index is 0.540. The van der Waals surface area contributed by atoms with Crippen LogP contribution in [0.3, 0.4) is 0 Å². The molecule has 0 aliphatic rings. The summed E-state index contributed by atoms with van der Waals surface area (Å²) in [7, 11) is 3.38. The summed E-state index contributed by atoms with van der Waals surface area (Å²) in [5.41, 5.74) is 1.14. The van der Waals surface area contributed by atoms with Crippen LogP contribution in [0.5, 0.6) is 5.75 Å². The van der Waals surface area contributed by atoms with E-state index < -0.39 is 0 Å². The molecule has 0 amide bonds. The lowest BCUT2D eigenvalue weighted by Crippen LogP contribution is -1.91. The number of nitrogens with zero attached hydrogens (tertiary/aromatic N) is 1. The van der Waals surface area contributed by atoms with Crippen molar-refractivity contribution in [1.82, 2.24) is 4.98 Å². The molecule has 0 saturated heterocycles. The van der Waals surface area contributed by atoms with Gasteiger partial charge in [-0.3, -0.25) is 0 Å². The van der Waals surface area contributed by atoms with Crippen LogP contribution in [-0.4, -0.2) is 19.1 Å². The van der Waals surface area contributed by atoms with Crippen molar-refractivity contribution < 1.29 is 9.15 Å². The molecule has 5 heteroatoms. The van der Waals surface area contributed by atoms with Crippen molar-refractivity contribution in [3.8, 4) is 5.75 Å². The van der Waals surface area contributed by atoms with E-state index in [1.165, 1.54) is 0 Å². The molecule has 0 radical (unpaired) electrons. The number of methoxy groups -OCH3 is 1. The zero-order chi connectivity index (χ0) is 13.0. The van der Waals surface area contributed by atoms with E-state index in [1.807, 2.05) is 18.2 Å². The molecule has 4 nitrogen and oxygen atoms in total. The third kappa shape index (κ3) is 2.96. The molecule has 0 aliphatic heterocycles. The zero-order valence-corrected chi connectivity index (χ0v) is 11.1. The minimum Gasteiger partial charge on any atom is -0.495 e. The quantitative estimate of drug-likeness (QED) is 0.903. The van der Waals surface area contributed by atoms with Crippen molar-refractivity contribution in [2.75, 3.05) is 19.5 Å². The number of hydrogen-bond donors (Lipinski definition) is 1. The highest BCUT2D eigenvalue weighted by Crippen LogP contribution is 2.25. The second-order valence-corrected chi connectivity index (χ2v) is 4.26. The van der Waals surface area contributed by atoms with Gasteiger partial charge < -0.3 is 14.5 Å². The average molecular weight is 267 g/mol. The molecule has 2 aromatic rings. The first-order chi connectivity index (χ1) is 8.72. The average Bonchev–Trinajstić information content (AvgIpc) is 2.84. The van der Waals surface area contributed by atoms with Crippen molar-refractivity contribution in [3.05, 3.63) is 40.7 Å². The van der Waals surface area contributed by atoms with Gasteiger partial charge in [0.15, 0.2) is 0 Å². The molecule has 0 fully saturated rings. The lowest BCUT2D eigenvalue weighted by atomic mass is 10.1. The Balaban J connectivity index is 1.99. The van der Waals surface area contributed by atoms with Gasteiger partial charge in [-0.1, -0.05) is 17.7 Å². The number of ether oxygens (including phenoxy) is 1. The van der Waals surface area contributed by atoms with E-state index in [9.17, 15) is 0 Å². The smallest absolute Gasteiger partial charge is 0.294 e. The minimum atomic E-state index is 0.540. The Hall–Kier alpha value is -1.68. The Morgan fingerprint density at radius 3 is 2.83 bits per heavy atom. The normalized spacial score (nSPS) is 10.4. The fourth-order valence-electron chi connectivity index (χ4n) is 1.67. The molecular formula is C13H15ClN2O2. The second kappa shape index (κ2) is 5.78. The van der Waals surface area contributed by atoms with Gasteiger partial charge in [0, 0.05) is 13.5 Å². The maximum absolute atomic E-state index is 6.07. The number of benzene rings is 1. The van der Waals surface area contributed by atoms with Crippen molar-refractivity contribution in [3.63, 3.8) is 0 Å². The molecule has 1 N–H and O–H groups in total. The first-order valence-electron chi connectivity index (χ1n) is 5.68. The Labute approximate surface area is 111 Å². The summed E-state index contributed by atoms with van der Waals surface area (Å²) >= 11 is 6.07. The summed E-state index contributed by atoms with van der Waals surface area (Å²) in [4.78, 5) is 4.07. The number of hydrogen-bond acceptors (Lipinski definition) is 4. The summed E-state index contributed by atoms with van der Waals surface area (Å²) in [6.45, 7) is 0. The molecule has 2 rings (SSSR count). The summed E-state index contributed by atoms with van der Waals surface area (Å²) in [5.74, 6) is 1.55. The number of halogens is 1. The Bertz CT molecular complexity index is 525. The summed E-state index contributed by atoms with van der Waals surface area (Å²) in [6, 6.07) is 6.32. The van der Waals surface area contributed by atoms with E-state index in [2.05, 4.69) is 10.3 Å². The fraction of sp³-hybridized carbons (Fsp3) is 0.308. The van der Waals surface area contributed by atoms with Gasteiger partial charge in [0.05, 0.1) is 18.3 Å². The number of nitrogens with one attached hydrogen (secondary N) is 1. The molecule has 96 valence electrons. The van der Waals surface area contributed by atoms with E-state index >= 15 is 0 Å². The van der Waals surface area contributed by atoms with E-state index in [-0.39, 0.29) is 0 Å². The third-order valence-corrected chi connectivity index (χ3v) is 2.94. The second-order valence-electron chi connectivity index (χ2n) is 3.85. The van der Waals surface area contributed by atoms with E-state index in [0.717, 1.165) is 24.2 Å². The molecule has 0 saturated carbocycles. The van der Waals surface area contributed by atoms with E-state index in [4.69, 9.17) is 20.8 Å². The standard InChI is InChI=1S/C13H15ClN2O2/c1-15-13-16-8-10(18-13)5-3-9-4-6-12(17-2)11(14)7-9/h4,6-8H,3,5H2,1-2H3,(H,15,16). The Kier molecular flexibility index (Phi) is 4.10. The number of rotatable bonds is 5. The monoisotopic (exact) mass is 266 g/mol. The fourth-order valence-corrected chi connectivity index (χ4v) is 1.95. The summed E-state index contributed by atoms with van der Waals surface area (Å²) < 4.78 is 10.6. The molecule has 18 heavy (non-hydrogen) atoms. The SMILES string of the molecule is CNc1ncc(CCc2ccc(OC)c(Cl)c2)o1. The van der Waals surface area contributed by atoms with Crippen LogP contribution >= 0.6 is 11.6 Å². The van der Waals surface area contributed by atoms with Crippen LogP contribution in [0.2, 0.25) is 5.02 Å². The zero-order valence-electron chi connectivity index (χ0n) is 10.4. The number of anilines is 1. The molecule has 1 aromatic heterocycles. The van der Waals surface area contributed by atoms with Crippen LogP contribution in [0.1, 0.15) is 11.3 Å². The van der Waals surface area contributed by atoms with Crippen LogP contribution in [0.4, 0.5) is 6.01 Å². The number of aryl methyl sites for hydroxylation is 2. The van der Waals surface area contributed by atoms with Crippen LogP contribution in [0.15, 0.2) is 28.8 Å². The first-order valence-corrected chi connectivity index (χ1v) is 6.05. The predicted molar refractivity (Wildman–Crippen MR) is 71.5 cm³/mol. The number of oxazole rings is 1. The molecular weight excluding hydrogens is 252 g/mol. The largest absolute Gasteiger partial charge is 0.495 e. The van der Waals surface area contributed by atoms with Crippen molar-refractivity contribution in [2.45, 2.75) is 12.8 Å². The molecule has 0 bridgehead atoms. The number of aromatic nitrogens is 1. The molecule has 0 unspecified atom stereocenters. The maximum Gasteiger partial charge on any atom is 0.294 e.